The molecule has 0 bridgehead atoms. The van der Waals surface area contributed by atoms with Crippen LogP contribution in [0.15, 0.2) is 54.4 Å². The maximum atomic E-state index is 12.9. The summed E-state index contributed by atoms with van der Waals surface area (Å²) in [5.41, 5.74) is 0.742. The molecule has 1 fully saturated rings. The predicted octanol–water partition coefficient (Wildman–Crippen LogP) is 2.75. The van der Waals surface area contributed by atoms with E-state index in [1.165, 1.54) is 41.6 Å². The molecule has 2 aromatic rings. The highest BCUT2D eigenvalue weighted by Gasteiger charge is 2.46. The first-order valence-corrected chi connectivity index (χ1v) is 10.0. The largest absolute Gasteiger partial charge is 0.507 e. The summed E-state index contributed by atoms with van der Waals surface area (Å²) in [5, 5.41) is 21.9. The fourth-order valence-corrected chi connectivity index (χ4v) is 3.69. The third-order valence-electron chi connectivity index (χ3n) is 5.46. The number of aliphatic hydroxyl groups excluding tert-OH is 1. The number of rotatable bonds is 8. The Morgan fingerprint density at radius 1 is 1.13 bits per heavy atom. The fourth-order valence-electron chi connectivity index (χ4n) is 3.69. The Labute approximate surface area is 179 Å². The molecule has 1 aliphatic rings. The molecule has 1 atom stereocenters. The average molecular weight is 424 g/mol. The molecule has 2 heterocycles. The molecule has 1 amide bonds. The summed E-state index contributed by atoms with van der Waals surface area (Å²) in [6, 6.07) is 7.93. The van der Waals surface area contributed by atoms with Crippen LogP contribution in [0.5, 0.6) is 0 Å². The van der Waals surface area contributed by atoms with Crippen molar-refractivity contribution >= 4 is 23.1 Å². The minimum atomic E-state index is -0.843. The van der Waals surface area contributed by atoms with E-state index in [9.17, 15) is 24.8 Å². The minimum Gasteiger partial charge on any atom is -0.507 e. The molecular weight excluding hydrogens is 400 g/mol. The lowest BCUT2D eigenvalue weighted by molar-refractivity contribution is -0.384. The lowest BCUT2D eigenvalue weighted by Gasteiger charge is -2.28. The van der Waals surface area contributed by atoms with Crippen LogP contribution in [0.2, 0.25) is 0 Å². The van der Waals surface area contributed by atoms with Crippen LogP contribution in [0.3, 0.4) is 0 Å². The predicted molar refractivity (Wildman–Crippen MR) is 114 cm³/mol. The number of pyridine rings is 1. The van der Waals surface area contributed by atoms with Crippen molar-refractivity contribution in [3.63, 3.8) is 0 Å². The first-order valence-electron chi connectivity index (χ1n) is 10.0. The number of carbonyl (C=O) groups excluding carboxylic acids is 2. The standard InChI is InChI=1S/C22H24N4O5/c1-3-24(4-2)13-14-25-19(15-5-7-17(8-6-15)26(30)31)18(21(28)22(25)29)20(27)16-9-11-23-12-10-16/h5-12,19,27H,3-4,13-14H2,1-2H3/b20-18+/t19-/m0/s1. The molecule has 1 saturated heterocycles. The van der Waals surface area contributed by atoms with E-state index in [0.29, 0.717) is 17.7 Å². The highest BCUT2D eigenvalue weighted by atomic mass is 16.6. The van der Waals surface area contributed by atoms with E-state index in [0.717, 1.165) is 13.1 Å². The number of nitro groups is 1. The number of Topliss-reactive ketones (excluding diaryl/α,β-unsaturated/α-hetero) is 1. The van der Waals surface area contributed by atoms with Gasteiger partial charge in [0.05, 0.1) is 16.5 Å². The fraction of sp³-hybridized carbons (Fsp3) is 0.318. The number of amides is 1. The molecular formula is C22H24N4O5. The van der Waals surface area contributed by atoms with Crippen molar-refractivity contribution in [2.45, 2.75) is 19.9 Å². The normalized spacial score (nSPS) is 18.0. The van der Waals surface area contributed by atoms with E-state index in [1.54, 1.807) is 12.1 Å². The Kier molecular flexibility index (Phi) is 6.76. The number of aromatic nitrogens is 1. The van der Waals surface area contributed by atoms with Crippen molar-refractivity contribution in [3.05, 3.63) is 75.6 Å². The smallest absolute Gasteiger partial charge is 0.295 e. The van der Waals surface area contributed by atoms with Gasteiger partial charge in [-0.3, -0.25) is 24.7 Å². The third-order valence-corrected chi connectivity index (χ3v) is 5.46. The number of hydrogen-bond donors (Lipinski definition) is 1. The van der Waals surface area contributed by atoms with Gasteiger partial charge in [-0.05, 0) is 42.9 Å². The van der Waals surface area contributed by atoms with Crippen LogP contribution in [-0.2, 0) is 9.59 Å². The maximum absolute atomic E-state index is 12.9. The zero-order valence-electron chi connectivity index (χ0n) is 17.4. The van der Waals surface area contributed by atoms with Gasteiger partial charge in [0.15, 0.2) is 0 Å². The van der Waals surface area contributed by atoms with Gasteiger partial charge < -0.3 is 14.9 Å². The molecule has 1 aromatic carbocycles. The summed E-state index contributed by atoms with van der Waals surface area (Å²) in [6.45, 7) is 6.43. The molecule has 9 heteroatoms. The van der Waals surface area contributed by atoms with E-state index in [-0.39, 0.29) is 23.6 Å². The molecule has 31 heavy (non-hydrogen) atoms. The van der Waals surface area contributed by atoms with Crippen LogP contribution in [0.1, 0.15) is 31.0 Å². The SMILES string of the molecule is CCN(CC)CCN1C(=O)C(=O)/C(=C(/O)c2ccncc2)[C@@H]1c1ccc([N+](=O)[O-])cc1. The summed E-state index contributed by atoms with van der Waals surface area (Å²) in [4.78, 5) is 43.8. The molecule has 1 aliphatic heterocycles. The Morgan fingerprint density at radius 3 is 2.29 bits per heavy atom. The van der Waals surface area contributed by atoms with Gasteiger partial charge in [-0.1, -0.05) is 13.8 Å². The molecule has 0 radical (unpaired) electrons. The zero-order valence-corrected chi connectivity index (χ0v) is 17.4. The van der Waals surface area contributed by atoms with Crippen molar-refractivity contribution in [2.24, 2.45) is 0 Å². The Hall–Kier alpha value is -3.59. The molecule has 0 unspecified atom stereocenters. The van der Waals surface area contributed by atoms with Gasteiger partial charge in [-0.15, -0.1) is 0 Å². The maximum Gasteiger partial charge on any atom is 0.295 e. The highest BCUT2D eigenvalue weighted by molar-refractivity contribution is 6.46. The number of likely N-dealkylation sites (N-methyl/N-ethyl adjacent to an activating group) is 1. The summed E-state index contributed by atoms with van der Waals surface area (Å²) in [7, 11) is 0. The topological polar surface area (TPSA) is 117 Å². The summed E-state index contributed by atoms with van der Waals surface area (Å²) >= 11 is 0. The first kappa shape index (κ1) is 22.1. The van der Waals surface area contributed by atoms with Crippen LogP contribution >= 0.6 is 0 Å². The summed E-state index contributed by atoms with van der Waals surface area (Å²) in [6.07, 6.45) is 2.96. The van der Waals surface area contributed by atoms with Gasteiger partial charge in [-0.25, -0.2) is 0 Å². The monoisotopic (exact) mass is 424 g/mol. The van der Waals surface area contributed by atoms with E-state index in [1.807, 2.05) is 13.8 Å². The molecule has 1 aromatic heterocycles. The average Bonchev–Trinajstić information content (AvgIpc) is 3.04. The van der Waals surface area contributed by atoms with E-state index in [4.69, 9.17) is 0 Å². The highest BCUT2D eigenvalue weighted by Crippen LogP contribution is 2.39. The Bertz CT molecular complexity index is 1000. The van der Waals surface area contributed by atoms with Crippen molar-refractivity contribution in [1.82, 2.24) is 14.8 Å². The molecule has 9 nitrogen and oxygen atoms in total. The molecule has 0 saturated carbocycles. The van der Waals surface area contributed by atoms with Crippen LogP contribution < -0.4 is 0 Å². The number of nitro benzene ring substituents is 1. The summed E-state index contributed by atoms with van der Waals surface area (Å²) < 4.78 is 0. The van der Waals surface area contributed by atoms with E-state index in [2.05, 4.69) is 9.88 Å². The molecule has 3 rings (SSSR count). The quantitative estimate of drug-likeness (QED) is 0.228. The molecule has 1 N–H and O–H groups in total. The Balaban J connectivity index is 2.09. The van der Waals surface area contributed by atoms with Crippen molar-refractivity contribution in [3.8, 4) is 0 Å². The van der Waals surface area contributed by atoms with Gasteiger partial charge in [0.1, 0.15) is 5.76 Å². The Morgan fingerprint density at radius 2 is 1.74 bits per heavy atom. The number of hydrogen-bond acceptors (Lipinski definition) is 7. The summed E-state index contributed by atoms with van der Waals surface area (Å²) in [5.74, 6) is -1.78. The number of ketones is 1. The van der Waals surface area contributed by atoms with Crippen LogP contribution in [0.25, 0.3) is 5.76 Å². The number of nitrogens with zero attached hydrogens (tertiary/aromatic N) is 4. The van der Waals surface area contributed by atoms with Crippen LogP contribution in [0, 0.1) is 10.1 Å². The number of carbonyl (C=O) groups is 2. The molecule has 162 valence electrons. The van der Waals surface area contributed by atoms with Gasteiger partial charge in [0, 0.05) is 43.2 Å². The van der Waals surface area contributed by atoms with E-state index < -0.39 is 22.7 Å². The van der Waals surface area contributed by atoms with Gasteiger partial charge >= 0.3 is 0 Å². The van der Waals surface area contributed by atoms with Crippen LogP contribution in [0.4, 0.5) is 5.69 Å². The lowest BCUT2D eigenvalue weighted by Crippen LogP contribution is -2.38. The van der Waals surface area contributed by atoms with Crippen molar-refractivity contribution < 1.29 is 19.6 Å². The van der Waals surface area contributed by atoms with E-state index >= 15 is 0 Å². The molecule has 0 aliphatic carbocycles. The van der Waals surface area contributed by atoms with Crippen LogP contribution in [-0.4, -0.2) is 62.7 Å². The second kappa shape index (κ2) is 9.48. The lowest BCUT2D eigenvalue weighted by atomic mass is 9.95. The van der Waals surface area contributed by atoms with Gasteiger partial charge in [0.2, 0.25) is 0 Å². The van der Waals surface area contributed by atoms with Gasteiger partial charge in [-0.2, -0.15) is 0 Å². The second-order valence-corrected chi connectivity index (χ2v) is 7.10. The second-order valence-electron chi connectivity index (χ2n) is 7.10. The third kappa shape index (κ3) is 4.46. The van der Waals surface area contributed by atoms with Crippen molar-refractivity contribution in [1.29, 1.82) is 0 Å². The first-order chi connectivity index (χ1) is 14.9. The number of non-ortho nitro benzene ring substituents is 1. The number of aliphatic hydroxyl groups is 1. The minimum absolute atomic E-state index is 0.0374. The molecule has 0 spiro atoms. The zero-order chi connectivity index (χ0) is 22.5. The van der Waals surface area contributed by atoms with Crippen molar-refractivity contribution in [2.75, 3.05) is 26.2 Å². The van der Waals surface area contributed by atoms with Gasteiger partial charge in [0.25, 0.3) is 17.4 Å². The number of benzene rings is 1. The number of likely N-dealkylation sites (tertiary alicyclic amines) is 1.